The number of aromatic nitrogens is 2. The summed E-state index contributed by atoms with van der Waals surface area (Å²) in [6.07, 6.45) is 5.85. The number of oxazole rings is 1. The van der Waals surface area contributed by atoms with Crippen LogP contribution in [0.15, 0.2) is 63.2 Å². The zero-order valence-electron chi connectivity index (χ0n) is 15.6. The Balaban J connectivity index is 1.39. The van der Waals surface area contributed by atoms with Crippen LogP contribution in [-0.2, 0) is 15.8 Å². The summed E-state index contributed by atoms with van der Waals surface area (Å²) in [4.78, 5) is 8.92. The number of sulfonamides is 1. The van der Waals surface area contributed by atoms with E-state index in [1.165, 1.54) is 34.4 Å². The Hall–Kier alpha value is -2.23. The van der Waals surface area contributed by atoms with Crippen LogP contribution in [0.3, 0.4) is 0 Å². The minimum atomic E-state index is -3.47. The zero-order valence-corrected chi connectivity index (χ0v) is 17.3. The van der Waals surface area contributed by atoms with Crippen molar-refractivity contribution in [2.75, 3.05) is 13.1 Å². The highest BCUT2D eigenvalue weighted by molar-refractivity contribution is 7.98. The van der Waals surface area contributed by atoms with E-state index in [-0.39, 0.29) is 10.7 Å². The van der Waals surface area contributed by atoms with Gasteiger partial charge in [-0.25, -0.2) is 22.8 Å². The summed E-state index contributed by atoms with van der Waals surface area (Å²) in [5.74, 6) is 0.639. The van der Waals surface area contributed by atoms with Gasteiger partial charge in [0, 0.05) is 30.6 Å². The average Bonchev–Trinajstić information content (AvgIpc) is 3.23. The van der Waals surface area contributed by atoms with E-state index in [1.54, 1.807) is 30.5 Å². The van der Waals surface area contributed by atoms with E-state index in [9.17, 15) is 12.8 Å². The van der Waals surface area contributed by atoms with E-state index >= 15 is 0 Å². The Morgan fingerprint density at radius 3 is 2.52 bits per heavy atom. The van der Waals surface area contributed by atoms with Gasteiger partial charge in [0.2, 0.25) is 15.9 Å². The molecule has 0 N–H and O–H groups in total. The van der Waals surface area contributed by atoms with Crippen LogP contribution in [0, 0.1) is 5.82 Å². The Labute approximate surface area is 173 Å². The molecule has 0 saturated carbocycles. The Bertz CT molecular complexity index is 1060. The lowest BCUT2D eigenvalue weighted by Gasteiger charge is -2.25. The van der Waals surface area contributed by atoms with Gasteiger partial charge in [0.15, 0.2) is 0 Å². The molecule has 0 aliphatic carbocycles. The van der Waals surface area contributed by atoms with Crippen LogP contribution in [0.5, 0.6) is 0 Å². The predicted molar refractivity (Wildman–Crippen MR) is 108 cm³/mol. The van der Waals surface area contributed by atoms with Gasteiger partial charge in [0.05, 0.1) is 10.7 Å². The predicted octanol–water partition coefficient (Wildman–Crippen LogP) is 4.34. The van der Waals surface area contributed by atoms with Crippen molar-refractivity contribution in [3.05, 3.63) is 60.4 Å². The first kappa shape index (κ1) is 20.1. The molecule has 6 nitrogen and oxygen atoms in total. The molecular weight excluding hydrogens is 413 g/mol. The summed E-state index contributed by atoms with van der Waals surface area (Å²) < 4.78 is 45.4. The molecule has 0 amide bonds. The maximum atomic E-state index is 13.0. The summed E-state index contributed by atoms with van der Waals surface area (Å²) >= 11 is 1.44. The second-order valence-electron chi connectivity index (χ2n) is 6.74. The molecule has 0 radical (unpaired) electrons. The van der Waals surface area contributed by atoms with Gasteiger partial charge in [0.25, 0.3) is 0 Å². The van der Waals surface area contributed by atoms with Gasteiger partial charge >= 0.3 is 0 Å². The fourth-order valence-electron chi connectivity index (χ4n) is 3.11. The van der Waals surface area contributed by atoms with E-state index in [4.69, 9.17) is 4.42 Å². The van der Waals surface area contributed by atoms with Crippen molar-refractivity contribution in [3.63, 3.8) is 0 Å². The number of benzene rings is 1. The molecule has 4 rings (SSSR count). The number of thioether (sulfide) groups is 1. The number of piperidine rings is 1. The summed E-state index contributed by atoms with van der Waals surface area (Å²) in [5, 5.41) is 0.703. The van der Waals surface area contributed by atoms with E-state index < -0.39 is 10.0 Å². The third-order valence-electron chi connectivity index (χ3n) is 4.67. The lowest BCUT2D eigenvalue weighted by atomic mass is 10.2. The molecular formula is C20H20FN3O3S2. The standard InChI is InChI=1S/C20H20FN3O3S2/c21-16-6-4-15(5-7-16)20-23-17(13-27-20)14-28-19-9-8-18(12-22-19)29(25,26)24-10-2-1-3-11-24/h4-9,12-13H,1-3,10-11,14H2. The van der Waals surface area contributed by atoms with Gasteiger partial charge in [-0.05, 0) is 49.2 Å². The second kappa shape index (κ2) is 8.64. The highest BCUT2D eigenvalue weighted by Crippen LogP contribution is 2.26. The van der Waals surface area contributed by atoms with Gasteiger partial charge in [0.1, 0.15) is 17.0 Å². The third-order valence-corrected chi connectivity index (χ3v) is 7.53. The molecule has 2 aromatic heterocycles. The summed E-state index contributed by atoms with van der Waals surface area (Å²) in [6, 6.07) is 9.26. The smallest absolute Gasteiger partial charge is 0.244 e. The van der Waals surface area contributed by atoms with Crippen LogP contribution in [0.2, 0.25) is 0 Å². The molecule has 152 valence electrons. The van der Waals surface area contributed by atoms with Crippen molar-refractivity contribution in [2.45, 2.75) is 34.9 Å². The van der Waals surface area contributed by atoms with Gasteiger partial charge in [-0.15, -0.1) is 0 Å². The van der Waals surface area contributed by atoms with Crippen LogP contribution < -0.4 is 0 Å². The molecule has 0 bridgehead atoms. The van der Waals surface area contributed by atoms with Crippen molar-refractivity contribution in [1.29, 1.82) is 0 Å². The number of nitrogens with zero attached hydrogens (tertiary/aromatic N) is 3. The quantitative estimate of drug-likeness (QED) is 0.538. The van der Waals surface area contributed by atoms with Gasteiger partial charge in [-0.2, -0.15) is 4.31 Å². The minimum absolute atomic E-state index is 0.226. The highest BCUT2D eigenvalue weighted by atomic mass is 32.2. The van der Waals surface area contributed by atoms with Crippen LogP contribution >= 0.6 is 11.8 Å². The van der Waals surface area contributed by atoms with E-state index in [2.05, 4.69) is 9.97 Å². The van der Waals surface area contributed by atoms with Crippen LogP contribution in [0.1, 0.15) is 25.0 Å². The zero-order chi connectivity index (χ0) is 20.3. The molecule has 3 heterocycles. The van der Waals surface area contributed by atoms with Crippen LogP contribution in [0.25, 0.3) is 11.5 Å². The van der Waals surface area contributed by atoms with E-state index in [0.29, 0.717) is 35.3 Å². The first-order chi connectivity index (χ1) is 14.0. The summed E-state index contributed by atoms with van der Waals surface area (Å²) in [7, 11) is -3.47. The number of hydrogen-bond acceptors (Lipinski definition) is 6. The second-order valence-corrected chi connectivity index (χ2v) is 9.67. The van der Waals surface area contributed by atoms with Crippen molar-refractivity contribution in [1.82, 2.24) is 14.3 Å². The van der Waals surface area contributed by atoms with Crippen molar-refractivity contribution >= 4 is 21.8 Å². The molecule has 1 saturated heterocycles. The fourth-order valence-corrected chi connectivity index (χ4v) is 5.29. The van der Waals surface area contributed by atoms with Crippen LogP contribution in [0.4, 0.5) is 4.39 Å². The number of pyridine rings is 1. The molecule has 1 aromatic carbocycles. The van der Waals surface area contributed by atoms with Crippen LogP contribution in [-0.4, -0.2) is 35.8 Å². The molecule has 0 unspecified atom stereocenters. The van der Waals surface area contributed by atoms with Crippen molar-refractivity contribution in [3.8, 4) is 11.5 Å². The SMILES string of the molecule is O=S(=O)(c1ccc(SCc2coc(-c3ccc(F)cc3)n2)nc1)N1CCCCC1. The maximum absolute atomic E-state index is 13.0. The summed E-state index contributed by atoms with van der Waals surface area (Å²) in [6.45, 7) is 1.14. The minimum Gasteiger partial charge on any atom is -0.444 e. The van der Waals surface area contributed by atoms with Gasteiger partial charge in [-0.1, -0.05) is 18.2 Å². The molecule has 29 heavy (non-hydrogen) atoms. The highest BCUT2D eigenvalue weighted by Gasteiger charge is 2.26. The monoisotopic (exact) mass is 433 g/mol. The topological polar surface area (TPSA) is 76.3 Å². The van der Waals surface area contributed by atoms with Gasteiger partial charge in [-0.3, -0.25) is 0 Å². The van der Waals surface area contributed by atoms with E-state index in [1.807, 2.05) is 0 Å². The lowest BCUT2D eigenvalue weighted by Crippen LogP contribution is -2.35. The Kier molecular flexibility index (Phi) is 5.98. The molecule has 1 aliphatic heterocycles. The maximum Gasteiger partial charge on any atom is 0.244 e. The third kappa shape index (κ3) is 4.68. The Morgan fingerprint density at radius 2 is 1.83 bits per heavy atom. The first-order valence-electron chi connectivity index (χ1n) is 9.32. The number of hydrogen-bond donors (Lipinski definition) is 0. The average molecular weight is 434 g/mol. The summed E-state index contributed by atoms with van der Waals surface area (Å²) in [5.41, 5.74) is 1.43. The van der Waals surface area contributed by atoms with E-state index in [0.717, 1.165) is 25.0 Å². The largest absolute Gasteiger partial charge is 0.444 e. The lowest BCUT2D eigenvalue weighted by molar-refractivity contribution is 0.346. The fraction of sp³-hybridized carbons (Fsp3) is 0.300. The normalized spacial score (nSPS) is 15.5. The number of rotatable bonds is 6. The molecule has 3 aromatic rings. The van der Waals surface area contributed by atoms with Crippen molar-refractivity contribution in [2.24, 2.45) is 0 Å². The molecule has 1 aliphatic rings. The molecule has 9 heteroatoms. The number of halogens is 1. The van der Waals surface area contributed by atoms with Gasteiger partial charge < -0.3 is 4.42 Å². The Morgan fingerprint density at radius 1 is 1.07 bits per heavy atom. The van der Waals surface area contributed by atoms with Crippen molar-refractivity contribution < 1.29 is 17.2 Å². The molecule has 0 spiro atoms. The first-order valence-corrected chi connectivity index (χ1v) is 11.7. The molecule has 1 fully saturated rings. The molecule has 0 atom stereocenters.